The number of carbonyl (C=O) groups is 1. The van der Waals surface area contributed by atoms with E-state index in [-0.39, 0.29) is 5.91 Å². The zero-order valence-corrected chi connectivity index (χ0v) is 12.6. The number of benzene rings is 1. The first-order chi connectivity index (χ1) is 9.56. The van der Waals surface area contributed by atoms with Crippen LogP contribution in [0.15, 0.2) is 41.8 Å². The van der Waals surface area contributed by atoms with Gasteiger partial charge in [0.2, 0.25) is 5.91 Å². The first kappa shape index (κ1) is 14.8. The third-order valence-corrected chi connectivity index (χ3v) is 4.19. The maximum absolute atomic E-state index is 12.1. The number of amides is 1. The molecule has 4 heteroatoms. The molecule has 2 rings (SSSR count). The van der Waals surface area contributed by atoms with Crippen molar-refractivity contribution in [1.82, 2.24) is 4.90 Å². The summed E-state index contributed by atoms with van der Waals surface area (Å²) in [5.41, 5.74) is 2.18. The Morgan fingerprint density at radius 1 is 1.30 bits per heavy atom. The van der Waals surface area contributed by atoms with Crippen molar-refractivity contribution in [2.24, 2.45) is 0 Å². The number of aliphatic hydroxyl groups excluding tert-OH is 1. The van der Waals surface area contributed by atoms with Gasteiger partial charge >= 0.3 is 0 Å². The van der Waals surface area contributed by atoms with Crippen molar-refractivity contribution in [1.29, 1.82) is 0 Å². The van der Waals surface area contributed by atoms with Crippen LogP contribution in [-0.2, 0) is 11.2 Å². The lowest BCUT2D eigenvalue weighted by Crippen LogP contribution is -2.32. The Bertz CT molecular complexity index is 548. The Labute approximate surface area is 123 Å². The summed E-state index contributed by atoms with van der Waals surface area (Å²) in [6, 6.07) is 11.7. The molecule has 3 nitrogen and oxygen atoms in total. The van der Waals surface area contributed by atoms with Crippen LogP contribution < -0.4 is 0 Å². The number of likely N-dealkylation sites (N-methyl/N-ethyl adjacent to an activating group) is 1. The summed E-state index contributed by atoms with van der Waals surface area (Å²) < 4.78 is 0. The van der Waals surface area contributed by atoms with Crippen molar-refractivity contribution in [3.63, 3.8) is 0 Å². The number of aliphatic hydroxyl groups is 1. The van der Waals surface area contributed by atoms with E-state index in [2.05, 4.69) is 0 Å². The first-order valence-electron chi connectivity index (χ1n) is 6.57. The fourth-order valence-corrected chi connectivity index (χ4v) is 2.65. The normalized spacial score (nSPS) is 12.2. The second-order valence-corrected chi connectivity index (χ2v) is 5.95. The van der Waals surface area contributed by atoms with Gasteiger partial charge in [-0.2, -0.15) is 0 Å². The van der Waals surface area contributed by atoms with Crippen LogP contribution in [0.2, 0.25) is 0 Å². The van der Waals surface area contributed by atoms with Gasteiger partial charge in [-0.1, -0.05) is 35.9 Å². The highest BCUT2D eigenvalue weighted by Crippen LogP contribution is 2.19. The van der Waals surface area contributed by atoms with Crippen LogP contribution in [0.5, 0.6) is 0 Å². The second kappa shape index (κ2) is 6.68. The molecule has 0 aliphatic heterocycles. The average Bonchev–Trinajstić information content (AvgIpc) is 2.95. The number of carbonyl (C=O) groups excluding carboxylic acids is 1. The topological polar surface area (TPSA) is 40.5 Å². The summed E-state index contributed by atoms with van der Waals surface area (Å²) in [6.45, 7) is 2.35. The Hall–Kier alpha value is -1.65. The van der Waals surface area contributed by atoms with E-state index in [4.69, 9.17) is 0 Å². The van der Waals surface area contributed by atoms with Gasteiger partial charge in [-0.25, -0.2) is 0 Å². The number of rotatable bonds is 5. The van der Waals surface area contributed by atoms with E-state index in [0.29, 0.717) is 13.0 Å². The molecule has 0 spiro atoms. The van der Waals surface area contributed by atoms with Gasteiger partial charge in [0.25, 0.3) is 0 Å². The molecule has 20 heavy (non-hydrogen) atoms. The first-order valence-corrected chi connectivity index (χ1v) is 7.45. The summed E-state index contributed by atoms with van der Waals surface area (Å²) in [5, 5.41) is 12.0. The van der Waals surface area contributed by atoms with Crippen LogP contribution in [0.1, 0.15) is 22.1 Å². The molecule has 0 saturated heterocycles. The van der Waals surface area contributed by atoms with Crippen molar-refractivity contribution in [2.45, 2.75) is 19.4 Å². The minimum absolute atomic E-state index is 0.0180. The van der Waals surface area contributed by atoms with Gasteiger partial charge in [0.05, 0.1) is 13.0 Å². The number of hydrogen-bond acceptors (Lipinski definition) is 3. The smallest absolute Gasteiger partial charge is 0.226 e. The fourth-order valence-electron chi connectivity index (χ4n) is 1.95. The molecule has 1 N–H and O–H groups in total. The zero-order chi connectivity index (χ0) is 14.5. The van der Waals surface area contributed by atoms with Crippen molar-refractivity contribution in [2.75, 3.05) is 13.6 Å². The number of aryl methyl sites for hydroxylation is 1. The zero-order valence-electron chi connectivity index (χ0n) is 11.7. The summed E-state index contributed by atoms with van der Waals surface area (Å²) in [7, 11) is 1.73. The summed E-state index contributed by atoms with van der Waals surface area (Å²) >= 11 is 1.50. The molecule has 106 valence electrons. The molecule has 1 aromatic heterocycles. The largest absolute Gasteiger partial charge is 0.386 e. The third kappa shape index (κ3) is 3.92. The fraction of sp³-hybridized carbons (Fsp3) is 0.312. The van der Waals surface area contributed by atoms with E-state index in [1.807, 2.05) is 48.7 Å². The third-order valence-electron chi connectivity index (χ3n) is 3.22. The molecule has 2 aromatic rings. The molecule has 0 bridgehead atoms. The van der Waals surface area contributed by atoms with E-state index < -0.39 is 6.10 Å². The Morgan fingerprint density at radius 2 is 2.00 bits per heavy atom. The standard InChI is InChI=1S/C16H19NO2S/c1-12-5-7-13(8-6-12)10-16(19)17(2)11-14(18)15-4-3-9-20-15/h3-9,14,18H,10-11H2,1-2H3. The lowest BCUT2D eigenvalue weighted by Gasteiger charge is -2.20. The Morgan fingerprint density at radius 3 is 2.60 bits per heavy atom. The molecule has 1 heterocycles. The predicted octanol–water partition coefficient (Wildman–Crippen LogP) is 2.79. The molecule has 1 unspecified atom stereocenters. The second-order valence-electron chi connectivity index (χ2n) is 4.97. The highest BCUT2D eigenvalue weighted by molar-refractivity contribution is 7.10. The van der Waals surface area contributed by atoms with E-state index >= 15 is 0 Å². The SMILES string of the molecule is Cc1ccc(CC(=O)N(C)CC(O)c2cccs2)cc1. The van der Waals surface area contributed by atoms with Gasteiger partial charge in [-0.3, -0.25) is 4.79 Å². The molecule has 0 radical (unpaired) electrons. The van der Waals surface area contributed by atoms with Crippen LogP contribution in [0.25, 0.3) is 0 Å². The van der Waals surface area contributed by atoms with E-state index in [1.54, 1.807) is 11.9 Å². The van der Waals surface area contributed by atoms with Crippen LogP contribution in [0.4, 0.5) is 0 Å². The Kier molecular flexibility index (Phi) is 4.93. The van der Waals surface area contributed by atoms with Crippen molar-refractivity contribution in [3.05, 3.63) is 57.8 Å². The summed E-state index contributed by atoms with van der Waals surface area (Å²) in [4.78, 5) is 14.6. The lowest BCUT2D eigenvalue weighted by molar-refractivity contribution is -0.130. The Balaban J connectivity index is 1.90. The molecule has 1 aromatic carbocycles. The van der Waals surface area contributed by atoms with Crippen molar-refractivity contribution < 1.29 is 9.90 Å². The van der Waals surface area contributed by atoms with E-state index in [0.717, 1.165) is 10.4 Å². The molecule has 0 aliphatic carbocycles. The van der Waals surface area contributed by atoms with Crippen molar-refractivity contribution >= 4 is 17.2 Å². The van der Waals surface area contributed by atoms with Gasteiger partial charge in [0, 0.05) is 11.9 Å². The van der Waals surface area contributed by atoms with Gasteiger partial charge in [-0.15, -0.1) is 11.3 Å². The number of thiophene rings is 1. The molecule has 1 amide bonds. The maximum atomic E-state index is 12.1. The molecule has 1 atom stereocenters. The summed E-state index contributed by atoms with van der Waals surface area (Å²) in [6.07, 6.45) is -0.240. The highest BCUT2D eigenvalue weighted by Gasteiger charge is 2.16. The summed E-state index contributed by atoms with van der Waals surface area (Å²) in [5.74, 6) is 0.0180. The molecule has 0 saturated carbocycles. The average molecular weight is 289 g/mol. The molecular weight excluding hydrogens is 270 g/mol. The van der Waals surface area contributed by atoms with Gasteiger partial charge in [-0.05, 0) is 23.9 Å². The molecule has 0 aliphatic rings. The van der Waals surface area contributed by atoms with E-state index in [9.17, 15) is 9.90 Å². The minimum atomic E-state index is -0.609. The molecule has 0 fully saturated rings. The van der Waals surface area contributed by atoms with Gasteiger partial charge < -0.3 is 10.0 Å². The lowest BCUT2D eigenvalue weighted by atomic mass is 10.1. The van der Waals surface area contributed by atoms with Gasteiger partial charge in [0.1, 0.15) is 6.10 Å². The van der Waals surface area contributed by atoms with Crippen LogP contribution in [0.3, 0.4) is 0 Å². The monoisotopic (exact) mass is 289 g/mol. The van der Waals surface area contributed by atoms with E-state index in [1.165, 1.54) is 16.9 Å². The van der Waals surface area contributed by atoms with Gasteiger partial charge in [0.15, 0.2) is 0 Å². The maximum Gasteiger partial charge on any atom is 0.226 e. The highest BCUT2D eigenvalue weighted by atomic mass is 32.1. The quantitative estimate of drug-likeness (QED) is 0.919. The molecular formula is C16H19NO2S. The van der Waals surface area contributed by atoms with Crippen molar-refractivity contribution in [3.8, 4) is 0 Å². The van der Waals surface area contributed by atoms with Crippen LogP contribution >= 0.6 is 11.3 Å². The predicted molar refractivity (Wildman–Crippen MR) is 81.8 cm³/mol. The number of hydrogen-bond donors (Lipinski definition) is 1. The minimum Gasteiger partial charge on any atom is -0.386 e. The van der Waals surface area contributed by atoms with Crippen LogP contribution in [0, 0.1) is 6.92 Å². The number of nitrogens with zero attached hydrogens (tertiary/aromatic N) is 1. The van der Waals surface area contributed by atoms with Crippen LogP contribution in [-0.4, -0.2) is 29.5 Å².